The molecule has 0 spiro atoms. The van der Waals surface area contributed by atoms with Gasteiger partial charge >= 0.3 is 6.18 Å². The van der Waals surface area contributed by atoms with Crippen molar-refractivity contribution in [1.29, 1.82) is 0 Å². The van der Waals surface area contributed by atoms with Crippen molar-refractivity contribution in [3.63, 3.8) is 0 Å². The first-order valence-electron chi connectivity index (χ1n) is 10.7. The van der Waals surface area contributed by atoms with E-state index in [1.807, 2.05) is 30.3 Å². The third-order valence-electron chi connectivity index (χ3n) is 5.23. The average Bonchev–Trinajstić information content (AvgIpc) is 3.28. The number of allylic oxidation sites excluding steroid dienone is 1. The minimum absolute atomic E-state index is 0.203. The fourth-order valence-corrected chi connectivity index (χ4v) is 3.44. The third-order valence-corrected chi connectivity index (χ3v) is 5.23. The zero-order valence-corrected chi connectivity index (χ0v) is 18.3. The molecule has 1 atom stereocenters. The second-order valence-corrected chi connectivity index (χ2v) is 7.77. The van der Waals surface area contributed by atoms with E-state index in [0.29, 0.717) is 17.6 Å². The summed E-state index contributed by atoms with van der Waals surface area (Å²) < 4.78 is 37.4. The van der Waals surface area contributed by atoms with Gasteiger partial charge in [-0.2, -0.15) is 13.2 Å². The number of para-hydroxylation sites is 2. The number of rotatable bonds is 8. The molecule has 6 nitrogen and oxygen atoms in total. The quantitative estimate of drug-likeness (QED) is 0.311. The fourth-order valence-electron chi connectivity index (χ4n) is 3.44. The Kier molecular flexibility index (Phi) is 6.96. The Morgan fingerprint density at radius 3 is 2.31 bits per heavy atom. The lowest BCUT2D eigenvalue weighted by molar-refractivity contribution is -0.165. The van der Waals surface area contributed by atoms with Crippen molar-refractivity contribution < 1.29 is 22.8 Å². The monoisotopic (exact) mass is 478 g/mol. The summed E-state index contributed by atoms with van der Waals surface area (Å²) in [4.78, 5) is 31.8. The molecule has 1 unspecified atom stereocenters. The number of H-pyrrole nitrogens is 1. The number of imidazole rings is 1. The van der Waals surface area contributed by atoms with Gasteiger partial charge in [0.15, 0.2) is 0 Å². The first-order chi connectivity index (χ1) is 16.8. The highest BCUT2D eigenvalue weighted by molar-refractivity contribution is 5.96. The maximum absolute atomic E-state index is 12.9. The van der Waals surface area contributed by atoms with Crippen molar-refractivity contribution >= 4 is 28.4 Å². The van der Waals surface area contributed by atoms with E-state index in [2.05, 4.69) is 20.6 Å². The first-order valence-corrected chi connectivity index (χ1v) is 10.7. The summed E-state index contributed by atoms with van der Waals surface area (Å²) >= 11 is 0. The van der Waals surface area contributed by atoms with E-state index < -0.39 is 23.9 Å². The summed E-state index contributed by atoms with van der Waals surface area (Å²) in [6, 6.07) is 22.8. The van der Waals surface area contributed by atoms with Crippen LogP contribution in [0.25, 0.3) is 22.4 Å². The average molecular weight is 478 g/mol. The topological polar surface area (TPSA) is 86.9 Å². The molecule has 3 aromatic carbocycles. The van der Waals surface area contributed by atoms with Crippen molar-refractivity contribution in [1.82, 2.24) is 15.3 Å². The first kappa shape index (κ1) is 23.7. The maximum Gasteiger partial charge on any atom is 0.454 e. The van der Waals surface area contributed by atoms with Crippen molar-refractivity contribution in [3.8, 4) is 11.4 Å². The Morgan fingerprint density at radius 1 is 0.943 bits per heavy atom. The Bertz CT molecular complexity index is 1310. The van der Waals surface area contributed by atoms with Crippen LogP contribution in [0, 0.1) is 0 Å². The second kappa shape index (κ2) is 10.3. The van der Waals surface area contributed by atoms with E-state index >= 15 is 0 Å². The normalized spacial score (nSPS) is 12.5. The molecule has 0 fully saturated rings. The maximum atomic E-state index is 12.9. The number of aromatic amines is 1. The standard InChI is InChI=1S/C26H21F3N4O2/c27-26(28,29)23(34)14-15-30-22(16-17-6-2-1-3-7-17)25(35)31-19-12-10-18(11-13-19)24-32-20-8-4-5-9-21(20)33-24/h1-15,22,30H,16H2,(H,31,35)(H,32,33)/b15-14+. The molecular formula is C26H21F3N4O2. The van der Waals surface area contributed by atoms with E-state index in [4.69, 9.17) is 0 Å². The highest BCUT2D eigenvalue weighted by Gasteiger charge is 2.36. The Hall–Kier alpha value is -4.40. The van der Waals surface area contributed by atoms with Crippen LogP contribution in [-0.2, 0) is 16.0 Å². The Morgan fingerprint density at radius 2 is 1.63 bits per heavy atom. The van der Waals surface area contributed by atoms with Gasteiger partial charge in [-0.3, -0.25) is 9.59 Å². The van der Waals surface area contributed by atoms with Crippen LogP contribution in [0.5, 0.6) is 0 Å². The molecule has 35 heavy (non-hydrogen) atoms. The summed E-state index contributed by atoms with van der Waals surface area (Å²) in [5, 5.41) is 5.38. The van der Waals surface area contributed by atoms with E-state index in [9.17, 15) is 22.8 Å². The molecule has 1 heterocycles. The number of nitrogens with one attached hydrogen (secondary N) is 3. The van der Waals surface area contributed by atoms with E-state index in [1.165, 1.54) is 0 Å². The minimum atomic E-state index is -4.98. The zero-order chi connectivity index (χ0) is 24.8. The van der Waals surface area contributed by atoms with Crippen LogP contribution < -0.4 is 10.6 Å². The number of fused-ring (bicyclic) bond motifs is 1. The summed E-state index contributed by atoms with van der Waals surface area (Å²) in [5.41, 5.74) is 3.88. The third kappa shape index (κ3) is 6.14. The van der Waals surface area contributed by atoms with Gasteiger partial charge in [-0.15, -0.1) is 0 Å². The van der Waals surface area contributed by atoms with Crippen LogP contribution >= 0.6 is 0 Å². The zero-order valence-electron chi connectivity index (χ0n) is 18.3. The van der Waals surface area contributed by atoms with E-state index in [-0.39, 0.29) is 6.42 Å². The second-order valence-electron chi connectivity index (χ2n) is 7.77. The Labute approximate surface area is 198 Å². The number of alkyl halides is 3. The van der Waals surface area contributed by atoms with Crippen LogP contribution in [0.4, 0.5) is 18.9 Å². The van der Waals surface area contributed by atoms with Gasteiger partial charge in [0.25, 0.3) is 5.78 Å². The molecule has 4 rings (SSSR count). The number of aromatic nitrogens is 2. The predicted octanol–water partition coefficient (Wildman–Crippen LogP) is 5.01. The van der Waals surface area contributed by atoms with Gasteiger partial charge in [-0.25, -0.2) is 4.98 Å². The van der Waals surface area contributed by atoms with Crippen LogP contribution in [-0.4, -0.2) is 33.9 Å². The number of carbonyl (C=O) groups excluding carboxylic acids is 2. The largest absolute Gasteiger partial charge is 0.454 e. The number of halogens is 3. The van der Waals surface area contributed by atoms with Gasteiger partial charge in [-0.1, -0.05) is 42.5 Å². The molecule has 4 aromatic rings. The van der Waals surface area contributed by atoms with E-state index in [1.54, 1.807) is 48.5 Å². The summed E-state index contributed by atoms with van der Waals surface area (Å²) in [6.07, 6.45) is -3.55. The van der Waals surface area contributed by atoms with Crippen molar-refractivity contribution in [2.45, 2.75) is 18.6 Å². The summed E-state index contributed by atoms with van der Waals surface area (Å²) in [5.74, 6) is -1.79. The molecule has 0 aliphatic carbocycles. The molecule has 0 saturated carbocycles. The molecule has 1 amide bonds. The van der Waals surface area contributed by atoms with Crippen LogP contribution in [0.3, 0.4) is 0 Å². The highest BCUT2D eigenvalue weighted by Crippen LogP contribution is 2.22. The molecule has 0 bridgehead atoms. The number of ketones is 1. The van der Waals surface area contributed by atoms with Crippen LogP contribution in [0.1, 0.15) is 5.56 Å². The molecule has 0 radical (unpaired) electrons. The number of anilines is 1. The number of nitrogens with zero attached hydrogens (tertiary/aromatic N) is 1. The smallest absolute Gasteiger partial charge is 0.379 e. The molecule has 0 aliphatic rings. The van der Waals surface area contributed by atoms with Crippen molar-refractivity contribution in [2.24, 2.45) is 0 Å². The van der Waals surface area contributed by atoms with Gasteiger partial charge in [0.05, 0.1) is 11.0 Å². The molecule has 3 N–H and O–H groups in total. The number of hydrogen-bond donors (Lipinski definition) is 3. The van der Waals surface area contributed by atoms with Gasteiger partial charge in [0, 0.05) is 29.9 Å². The Balaban J connectivity index is 1.47. The lowest BCUT2D eigenvalue weighted by atomic mass is 10.1. The molecule has 0 aliphatic heterocycles. The summed E-state index contributed by atoms with van der Waals surface area (Å²) in [7, 11) is 0. The predicted molar refractivity (Wildman–Crippen MR) is 127 cm³/mol. The number of carbonyl (C=O) groups is 2. The number of benzene rings is 3. The van der Waals surface area contributed by atoms with Crippen LogP contribution in [0.2, 0.25) is 0 Å². The number of amides is 1. The minimum Gasteiger partial charge on any atom is -0.379 e. The fraction of sp³-hybridized carbons (Fsp3) is 0.115. The molecule has 1 aromatic heterocycles. The highest BCUT2D eigenvalue weighted by atomic mass is 19.4. The number of hydrogen-bond acceptors (Lipinski definition) is 4. The SMILES string of the molecule is O=C(Nc1ccc(-c2nc3ccccc3[nH]2)cc1)C(Cc1ccccc1)N/C=C/C(=O)C(F)(F)F. The van der Waals surface area contributed by atoms with Gasteiger partial charge in [0.2, 0.25) is 5.91 Å². The van der Waals surface area contributed by atoms with Crippen LogP contribution in [0.15, 0.2) is 91.1 Å². The lowest BCUT2D eigenvalue weighted by Crippen LogP contribution is -2.39. The van der Waals surface area contributed by atoms with E-state index in [0.717, 1.165) is 28.4 Å². The molecule has 9 heteroatoms. The lowest BCUT2D eigenvalue weighted by Gasteiger charge is -2.17. The molecular weight excluding hydrogens is 457 g/mol. The molecule has 178 valence electrons. The molecule has 0 saturated heterocycles. The van der Waals surface area contributed by atoms with Gasteiger partial charge in [-0.05, 0) is 42.0 Å². The van der Waals surface area contributed by atoms with Crippen molar-refractivity contribution in [3.05, 3.63) is 96.7 Å². The van der Waals surface area contributed by atoms with Gasteiger partial charge in [0.1, 0.15) is 11.9 Å². The van der Waals surface area contributed by atoms with Gasteiger partial charge < -0.3 is 15.6 Å². The summed E-state index contributed by atoms with van der Waals surface area (Å²) in [6.45, 7) is 0. The van der Waals surface area contributed by atoms with Crippen molar-refractivity contribution in [2.75, 3.05) is 5.32 Å².